The molecule has 8 heteroatoms. The van der Waals surface area contributed by atoms with Crippen molar-refractivity contribution < 1.29 is 14.1 Å². The molecule has 1 atom stereocenters. The molecule has 26 heavy (non-hydrogen) atoms. The standard InChI is InChI=1S/C18H30N3O3PS/c1-6-12-21(25(23,19-5)26-13-15(3)4)14-20-17-11-9-8-10-16(17)18(22)24-7-2/h8-11,14-15H,6-7,12-13H2,1-5H3,(H,19,23). The molecule has 0 bridgehead atoms. The lowest BCUT2D eigenvalue weighted by Gasteiger charge is -2.29. The molecule has 0 fully saturated rings. The first-order valence-corrected chi connectivity index (χ1v) is 12.1. The van der Waals surface area contributed by atoms with E-state index in [2.05, 4.69) is 23.9 Å². The maximum atomic E-state index is 13.3. The van der Waals surface area contributed by atoms with Crippen LogP contribution in [0.5, 0.6) is 0 Å². The van der Waals surface area contributed by atoms with Crippen LogP contribution in [0.1, 0.15) is 44.5 Å². The Morgan fingerprint density at radius 2 is 2.08 bits per heavy atom. The maximum Gasteiger partial charge on any atom is 0.340 e. The highest BCUT2D eigenvalue weighted by molar-refractivity contribution is 8.56. The largest absolute Gasteiger partial charge is 0.462 e. The Balaban J connectivity index is 3.10. The third-order valence-electron chi connectivity index (χ3n) is 3.39. The highest BCUT2D eigenvalue weighted by atomic mass is 32.7. The van der Waals surface area contributed by atoms with Gasteiger partial charge in [0.15, 0.2) is 0 Å². The van der Waals surface area contributed by atoms with Crippen molar-refractivity contribution in [1.29, 1.82) is 0 Å². The lowest BCUT2D eigenvalue weighted by molar-refractivity contribution is 0.0527. The predicted octanol–water partition coefficient (Wildman–Crippen LogP) is 4.95. The van der Waals surface area contributed by atoms with Crippen LogP contribution in [0.15, 0.2) is 29.3 Å². The number of aliphatic imine (C=N–C) groups is 1. The molecule has 1 unspecified atom stereocenters. The van der Waals surface area contributed by atoms with Crippen molar-refractivity contribution in [3.63, 3.8) is 0 Å². The van der Waals surface area contributed by atoms with Gasteiger partial charge in [0.25, 0.3) is 6.65 Å². The molecule has 1 rings (SSSR count). The second kappa shape index (κ2) is 11.4. The van der Waals surface area contributed by atoms with Crippen molar-refractivity contribution >= 4 is 36.0 Å². The van der Waals surface area contributed by atoms with Gasteiger partial charge in [0, 0.05) is 12.3 Å². The molecule has 0 spiro atoms. The van der Waals surface area contributed by atoms with Crippen molar-refractivity contribution in [3.8, 4) is 0 Å². The van der Waals surface area contributed by atoms with Gasteiger partial charge in [0.1, 0.15) is 0 Å². The van der Waals surface area contributed by atoms with E-state index in [0.29, 0.717) is 30.3 Å². The van der Waals surface area contributed by atoms with Crippen molar-refractivity contribution in [2.24, 2.45) is 10.9 Å². The van der Waals surface area contributed by atoms with Crippen LogP contribution >= 0.6 is 18.0 Å². The Labute approximate surface area is 161 Å². The van der Waals surface area contributed by atoms with E-state index in [0.717, 1.165) is 12.2 Å². The first kappa shape index (κ1) is 22.7. The lowest BCUT2D eigenvalue weighted by atomic mass is 10.2. The summed E-state index contributed by atoms with van der Waals surface area (Å²) in [5.41, 5.74) is 0.903. The van der Waals surface area contributed by atoms with Gasteiger partial charge in [0.05, 0.1) is 24.2 Å². The molecule has 0 aliphatic carbocycles. The highest BCUT2D eigenvalue weighted by Crippen LogP contribution is 2.57. The zero-order valence-corrected chi connectivity index (χ0v) is 18.0. The van der Waals surface area contributed by atoms with Crippen molar-refractivity contribution in [1.82, 2.24) is 9.76 Å². The molecule has 0 heterocycles. The summed E-state index contributed by atoms with van der Waals surface area (Å²) >= 11 is 1.42. The minimum Gasteiger partial charge on any atom is -0.462 e. The molecule has 0 radical (unpaired) electrons. The molecule has 1 N–H and O–H groups in total. The maximum absolute atomic E-state index is 13.3. The first-order valence-electron chi connectivity index (χ1n) is 8.89. The van der Waals surface area contributed by atoms with Crippen LogP contribution in [0.3, 0.4) is 0 Å². The molecule has 1 aromatic carbocycles. The Kier molecular flexibility index (Phi) is 9.99. The third kappa shape index (κ3) is 6.78. The van der Waals surface area contributed by atoms with Gasteiger partial charge in [-0.15, -0.1) is 0 Å². The Bertz CT molecular complexity index is 652. The molecule has 0 amide bonds. The first-order chi connectivity index (χ1) is 12.4. The zero-order chi connectivity index (χ0) is 19.6. The third-order valence-corrected chi connectivity index (χ3v) is 8.77. The van der Waals surface area contributed by atoms with E-state index < -0.39 is 12.6 Å². The number of hydrogen-bond donors (Lipinski definition) is 1. The number of carbonyl (C=O) groups is 1. The van der Waals surface area contributed by atoms with Crippen molar-refractivity contribution in [3.05, 3.63) is 29.8 Å². The Hall–Kier alpha value is -1.30. The summed E-state index contributed by atoms with van der Waals surface area (Å²) in [7, 11) is 1.71. The van der Waals surface area contributed by atoms with Crippen LogP contribution < -0.4 is 5.09 Å². The number of carbonyl (C=O) groups excluding carboxylic acids is 1. The van der Waals surface area contributed by atoms with Crippen molar-refractivity contribution in [2.45, 2.75) is 34.1 Å². The van der Waals surface area contributed by atoms with E-state index in [1.165, 1.54) is 11.4 Å². The van der Waals surface area contributed by atoms with Crippen LogP contribution in [0.25, 0.3) is 0 Å². The average Bonchev–Trinajstić information content (AvgIpc) is 2.63. The molecule has 0 aliphatic rings. The summed E-state index contributed by atoms with van der Waals surface area (Å²) in [6, 6.07) is 7.01. The summed E-state index contributed by atoms with van der Waals surface area (Å²) in [6.07, 6.45) is 2.41. The number of esters is 1. The fourth-order valence-electron chi connectivity index (χ4n) is 2.10. The lowest BCUT2D eigenvalue weighted by Crippen LogP contribution is -2.25. The van der Waals surface area contributed by atoms with E-state index in [4.69, 9.17) is 4.74 Å². The minimum atomic E-state index is -2.83. The number of nitrogens with one attached hydrogen (secondary N) is 1. The van der Waals surface area contributed by atoms with Gasteiger partial charge in [-0.25, -0.2) is 14.9 Å². The van der Waals surface area contributed by atoms with E-state index in [9.17, 15) is 9.36 Å². The fraction of sp³-hybridized carbons (Fsp3) is 0.556. The number of benzene rings is 1. The van der Waals surface area contributed by atoms with E-state index >= 15 is 0 Å². The number of para-hydroxylation sites is 1. The van der Waals surface area contributed by atoms with Crippen LogP contribution in [0.2, 0.25) is 0 Å². The molecule has 0 aliphatic heterocycles. The van der Waals surface area contributed by atoms with E-state index in [1.54, 1.807) is 43.2 Å². The summed E-state index contributed by atoms with van der Waals surface area (Å²) in [4.78, 5) is 16.5. The monoisotopic (exact) mass is 399 g/mol. The summed E-state index contributed by atoms with van der Waals surface area (Å²) in [5.74, 6) is 0.811. The number of nitrogens with zero attached hydrogens (tertiary/aromatic N) is 2. The summed E-state index contributed by atoms with van der Waals surface area (Å²) < 4.78 is 20.1. The van der Waals surface area contributed by atoms with Gasteiger partial charge >= 0.3 is 5.97 Å². The smallest absolute Gasteiger partial charge is 0.340 e. The molecule has 0 saturated heterocycles. The molecular formula is C18H30N3O3PS. The second-order valence-corrected chi connectivity index (χ2v) is 10.9. The van der Waals surface area contributed by atoms with Gasteiger partial charge in [-0.05, 0) is 38.4 Å². The van der Waals surface area contributed by atoms with Gasteiger partial charge in [-0.3, -0.25) is 9.24 Å². The molecule has 0 saturated carbocycles. The summed E-state index contributed by atoms with van der Waals surface area (Å²) in [5, 5.41) is 2.97. The zero-order valence-electron chi connectivity index (χ0n) is 16.3. The van der Waals surface area contributed by atoms with Crippen molar-refractivity contribution in [2.75, 3.05) is 26.0 Å². The fourth-order valence-corrected chi connectivity index (χ4v) is 6.49. The molecule has 6 nitrogen and oxygen atoms in total. The van der Waals surface area contributed by atoms with Crippen LogP contribution in [-0.4, -0.2) is 42.9 Å². The van der Waals surface area contributed by atoms with Crippen LogP contribution in [0.4, 0.5) is 5.69 Å². The van der Waals surface area contributed by atoms with Crippen LogP contribution in [-0.2, 0) is 9.30 Å². The molecule has 146 valence electrons. The predicted molar refractivity (Wildman–Crippen MR) is 112 cm³/mol. The highest BCUT2D eigenvalue weighted by Gasteiger charge is 2.27. The average molecular weight is 399 g/mol. The van der Waals surface area contributed by atoms with E-state index in [1.807, 2.05) is 13.0 Å². The van der Waals surface area contributed by atoms with Gasteiger partial charge < -0.3 is 4.74 Å². The van der Waals surface area contributed by atoms with Gasteiger partial charge in [-0.2, -0.15) is 0 Å². The Morgan fingerprint density at radius 1 is 1.38 bits per heavy atom. The normalized spacial score (nSPS) is 13.8. The second-order valence-electron chi connectivity index (χ2n) is 6.08. The molecule has 0 aromatic heterocycles. The van der Waals surface area contributed by atoms with Gasteiger partial charge in [-0.1, -0.05) is 44.3 Å². The number of ether oxygens (including phenoxy) is 1. The van der Waals surface area contributed by atoms with Crippen LogP contribution in [0, 0.1) is 5.92 Å². The minimum absolute atomic E-state index is 0.305. The van der Waals surface area contributed by atoms with E-state index in [-0.39, 0.29) is 0 Å². The quantitative estimate of drug-likeness (QED) is 0.246. The molecular weight excluding hydrogens is 369 g/mol. The SMILES string of the molecule is CCCN(C=Nc1ccccc1C(=O)OCC)P(=O)(NC)SCC(C)C. The molecule has 1 aromatic rings. The van der Waals surface area contributed by atoms with Gasteiger partial charge in [0.2, 0.25) is 0 Å². The Morgan fingerprint density at radius 3 is 2.65 bits per heavy atom. The number of rotatable bonds is 11. The topological polar surface area (TPSA) is 71.0 Å². The number of hydrogen-bond acceptors (Lipinski definition) is 5. The summed E-state index contributed by atoms with van der Waals surface area (Å²) in [6.45, 7) is 6.07.